The molecule has 146 valence electrons. The fraction of sp³-hybridized carbons (Fsp3) is 0.429. The Labute approximate surface area is 166 Å². The van der Waals surface area contributed by atoms with Gasteiger partial charge < -0.3 is 16.0 Å². The molecule has 0 atom stereocenters. The lowest BCUT2D eigenvalue weighted by Gasteiger charge is -2.11. The maximum absolute atomic E-state index is 12.1. The van der Waals surface area contributed by atoms with Crippen LogP contribution >= 0.6 is 11.3 Å². The second-order valence-electron chi connectivity index (χ2n) is 6.23. The maximum Gasteiger partial charge on any atom is 0.251 e. The van der Waals surface area contributed by atoms with E-state index in [2.05, 4.69) is 46.9 Å². The SMILES string of the molecule is CCCNC(=O)c1cccc(CN=C(NCC)NCc2ccc(CC)s2)c1. The number of benzene rings is 1. The molecule has 0 bridgehead atoms. The fourth-order valence-corrected chi connectivity index (χ4v) is 3.44. The van der Waals surface area contributed by atoms with Crippen LogP contribution in [0.3, 0.4) is 0 Å². The molecule has 6 heteroatoms. The van der Waals surface area contributed by atoms with Crippen LogP contribution in [0.1, 0.15) is 52.9 Å². The first-order chi connectivity index (χ1) is 13.2. The molecule has 0 aliphatic rings. The molecule has 1 aromatic carbocycles. The summed E-state index contributed by atoms with van der Waals surface area (Å²) in [5.41, 5.74) is 1.69. The molecule has 1 heterocycles. The third-order valence-corrected chi connectivity index (χ3v) is 5.21. The number of rotatable bonds is 9. The minimum absolute atomic E-state index is 0.0304. The Balaban J connectivity index is 1.97. The summed E-state index contributed by atoms with van der Waals surface area (Å²) in [6.07, 6.45) is 2.00. The summed E-state index contributed by atoms with van der Waals surface area (Å²) in [7, 11) is 0. The van der Waals surface area contributed by atoms with Crippen molar-refractivity contribution in [2.24, 2.45) is 4.99 Å². The molecular formula is C21H30N4OS. The van der Waals surface area contributed by atoms with Gasteiger partial charge in [0.1, 0.15) is 0 Å². The van der Waals surface area contributed by atoms with Gasteiger partial charge in [-0.05, 0) is 49.6 Å². The van der Waals surface area contributed by atoms with Crippen molar-refractivity contribution < 1.29 is 4.79 Å². The average Bonchev–Trinajstić information content (AvgIpc) is 3.16. The van der Waals surface area contributed by atoms with Gasteiger partial charge in [0.2, 0.25) is 0 Å². The highest BCUT2D eigenvalue weighted by Crippen LogP contribution is 2.16. The van der Waals surface area contributed by atoms with Crippen molar-refractivity contribution in [3.63, 3.8) is 0 Å². The molecule has 0 radical (unpaired) electrons. The number of thiophene rings is 1. The Hall–Kier alpha value is -2.34. The molecule has 0 aliphatic heterocycles. The van der Waals surface area contributed by atoms with Gasteiger partial charge in [-0.25, -0.2) is 4.99 Å². The van der Waals surface area contributed by atoms with Crippen LogP contribution in [-0.2, 0) is 19.5 Å². The number of guanidine groups is 1. The second-order valence-corrected chi connectivity index (χ2v) is 7.48. The third kappa shape index (κ3) is 7.06. The molecule has 3 N–H and O–H groups in total. The first-order valence-corrected chi connectivity index (χ1v) is 10.4. The molecule has 2 rings (SSSR count). The summed E-state index contributed by atoms with van der Waals surface area (Å²) in [6.45, 7) is 9.04. The molecule has 0 spiro atoms. The zero-order chi connectivity index (χ0) is 19.5. The van der Waals surface area contributed by atoms with Gasteiger partial charge in [0.15, 0.2) is 5.96 Å². The minimum atomic E-state index is -0.0304. The van der Waals surface area contributed by atoms with Crippen LogP contribution in [0.5, 0.6) is 0 Å². The number of amides is 1. The normalized spacial score (nSPS) is 11.3. The standard InChI is InChI=1S/C21H30N4OS/c1-4-12-23-20(26)17-9-7-8-16(13-17)14-24-21(22-6-3)25-15-19-11-10-18(5-2)27-19/h7-11,13H,4-6,12,14-15H2,1-3H3,(H,23,26)(H2,22,24,25). The molecule has 0 aliphatic carbocycles. The molecular weight excluding hydrogens is 356 g/mol. The zero-order valence-electron chi connectivity index (χ0n) is 16.5. The van der Waals surface area contributed by atoms with Gasteiger partial charge >= 0.3 is 0 Å². The Morgan fingerprint density at radius 2 is 1.85 bits per heavy atom. The molecule has 1 aromatic heterocycles. The van der Waals surface area contributed by atoms with Gasteiger partial charge in [-0.2, -0.15) is 0 Å². The lowest BCUT2D eigenvalue weighted by atomic mass is 10.1. The topological polar surface area (TPSA) is 65.5 Å². The molecule has 2 aromatic rings. The van der Waals surface area contributed by atoms with E-state index in [1.165, 1.54) is 9.75 Å². The summed E-state index contributed by atoms with van der Waals surface area (Å²) in [6, 6.07) is 12.0. The van der Waals surface area contributed by atoms with E-state index in [0.717, 1.165) is 37.5 Å². The van der Waals surface area contributed by atoms with E-state index in [9.17, 15) is 4.79 Å². The number of nitrogens with zero attached hydrogens (tertiary/aromatic N) is 1. The summed E-state index contributed by atoms with van der Waals surface area (Å²) in [5.74, 6) is 0.752. The van der Waals surface area contributed by atoms with Gasteiger partial charge in [-0.1, -0.05) is 26.0 Å². The lowest BCUT2D eigenvalue weighted by Crippen LogP contribution is -2.36. The number of carbonyl (C=O) groups is 1. The van der Waals surface area contributed by atoms with Gasteiger partial charge in [-0.15, -0.1) is 11.3 Å². The van der Waals surface area contributed by atoms with E-state index in [0.29, 0.717) is 18.7 Å². The number of aliphatic imine (C=N–C) groups is 1. The molecule has 0 fully saturated rings. The van der Waals surface area contributed by atoms with E-state index >= 15 is 0 Å². The number of nitrogens with one attached hydrogen (secondary N) is 3. The van der Waals surface area contributed by atoms with E-state index < -0.39 is 0 Å². The van der Waals surface area contributed by atoms with Crippen molar-refractivity contribution >= 4 is 23.2 Å². The van der Waals surface area contributed by atoms with E-state index in [1.807, 2.05) is 42.5 Å². The van der Waals surface area contributed by atoms with E-state index in [4.69, 9.17) is 0 Å². The molecule has 5 nitrogen and oxygen atoms in total. The van der Waals surface area contributed by atoms with E-state index in [-0.39, 0.29) is 5.91 Å². The first-order valence-electron chi connectivity index (χ1n) is 9.63. The molecule has 27 heavy (non-hydrogen) atoms. The van der Waals surface area contributed by atoms with Crippen LogP contribution < -0.4 is 16.0 Å². The predicted octanol–water partition coefficient (Wildman–Crippen LogP) is 3.71. The molecule has 1 amide bonds. The van der Waals surface area contributed by atoms with Crippen LogP contribution in [0, 0.1) is 0 Å². The highest BCUT2D eigenvalue weighted by molar-refractivity contribution is 7.11. The van der Waals surface area contributed by atoms with Gasteiger partial charge in [0.05, 0.1) is 13.1 Å². The Bertz CT molecular complexity index is 754. The highest BCUT2D eigenvalue weighted by atomic mass is 32.1. The van der Waals surface area contributed by atoms with Gasteiger partial charge in [-0.3, -0.25) is 4.79 Å². The summed E-state index contributed by atoms with van der Waals surface area (Å²) < 4.78 is 0. The largest absolute Gasteiger partial charge is 0.357 e. The van der Waals surface area contributed by atoms with Crippen LogP contribution in [-0.4, -0.2) is 25.0 Å². The number of carbonyl (C=O) groups excluding carboxylic acids is 1. The third-order valence-electron chi connectivity index (χ3n) is 3.98. The predicted molar refractivity (Wildman–Crippen MR) is 114 cm³/mol. The van der Waals surface area contributed by atoms with Crippen LogP contribution in [0.4, 0.5) is 0 Å². The highest BCUT2D eigenvalue weighted by Gasteiger charge is 2.06. The Morgan fingerprint density at radius 1 is 1.04 bits per heavy atom. The monoisotopic (exact) mass is 386 g/mol. The van der Waals surface area contributed by atoms with Crippen molar-refractivity contribution in [3.8, 4) is 0 Å². The number of hydrogen-bond acceptors (Lipinski definition) is 3. The van der Waals surface area contributed by atoms with Crippen molar-refractivity contribution in [1.82, 2.24) is 16.0 Å². The Kier molecular flexibility index (Phi) is 8.84. The van der Waals surface area contributed by atoms with Crippen molar-refractivity contribution in [1.29, 1.82) is 0 Å². The van der Waals surface area contributed by atoms with Crippen LogP contribution in [0.2, 0.25) is 0 Å². The van der Waals surface area contributed by atoms with Crippen molar-refractivity contribution in [3.05, 3.63) is 57.3 Å². The van der Waals surface area contributed by atoms with E-state index in [1.54, 1.807) is 0 Å². The zero-order valence-corrected chi connectivity index (χ0v) is 17.3. The summed E-state index contributed by atoms with van der Waals surface area (Å²) in [5, 5.41) is 9.56. The molecule has 0 saturated carbocycles. The van der Waals surface area contributed by atoms with Crippen LogP contribution in [0.15, 0.2) is 41.4 Å². The second kappa shape index (κ2) is 11.4. The smallest absolute Gasteiger partial charge is 0.251 e. The first kappa shape index (κ1) is 21.0. The molecule has 0 unspecified atom stereocenters. The number of hydrogen-bond donors (Lipinski definition) is 3. The van der Waals surface area contributed by atoms with Crippen LogP contribution in [0.25, 0.3) is 0 Å². The Morgan fingerprint density at radius 3 is 2.56 bits per heavy atom. The minimum Gasteiger partial charge on any atom is -0.357 e. The summed E-state index contributed by atoms with van der Waals surface area (Å²) in [4.78, 5) is 19.5. The average molecular weight is 387 g/mol. The maximum atomic E-state index is 12.1. The van der Waals surface area contributed by atoms with Crippen molar-refractivity contribution in [2.45, 2.75) is 46.7 Å². The fourth-order valence-electron chi connectivity index (χ4n) is 2.54. The quantitative estimate of drug-likeness (QED) is 0.455. The molecule has 0 saturated heterocycles. The van der Waals surface area contributed by atoms with Gasteiger partial charge in [0.25, 0.3) is 5.91 Å². The van der Waals surface area contributed by atoms with Crippen molar-refractivity contribution in [2.75, 3.05) is 13.1 Å². The van der Waals surface area contributed by atoms with Gasteiger partial charge in [0, 0.05) is 28.4 Å². The lowest BCUT2D eigenvalue weighted by molar-refractivity contribution is 0.0953. The number of aryl methyl sites for hydroxylation is 1. The summed E-state index contributed by atoms with van der Waals surface area (Å²) >= 11 is 1.83.